The van der Waals surface area contributed by atoms with Crippen molar-refractivity contribution in [2.24, 2.45) is 13.0 Å². The van der Waals surface area contributed by atoms with Crippen LogP contribution in [0.15, 0.2) is 76.6 Å². The highest BCUT2D eigenvalue weighted by Crippen LogP contribution is 2.38. The van der Waals surface area contributed by atoms with Crippen LogP contribution >= 0.6 is 0 Å². The van der Waals surface area contributed by atoms with Gasteiger partial charge < -0.3 is 14.8 Å². The Balaban J connectivity index is 0.681. The van der Waals surface area contributed by atoms with E-state index in [0.29, 0.717) is 73.3 Å². The number of imide groups is 1. The number of rotatable bonds is 12. The third-order valence-electron chi connectivity index (χ3n) is 16.4. The summed E-state index contributed by atoms with van der Waals surface area (Å²) in [5.41, 5.74) is 4.67. The summed E-state index contributed by atoms with van der Waals surface area (Å²) >= 11 is 0. The van der Waals surface area contributed by atoms with Gasteiger partial charge in [-0.15, -0.1) is 0 Å². The molecule has 3 saturated heterocycles. The standard InChI is InChI=1S/C55H62F3N11O5/c1-32-28-63(29-35-5-8-45-48(23-35)68(38-6-7-38)55(74)69(45)46-9-10-49(70)61-53(46)72)21-22-66(32)30-34-12-17-65(18-13-34)54(73)37-24-40(56)51(41(57)25-37)36-14-19-64(20-15-36)33(2)47-26-39-44(11-16-60-52(39)62(47)4)67-31-42(58)43(59-3)27-50(67)71/h5,8,11,14,16,23-27,31-34,38,46,59H,6-7,9-10,12-13,15,17-22,28-30H2,1-4H3,(H,61,70,72)/t32-,33-,46-/m0/s1. The van der Waals surface area contributed by atoms with Crippen LogP contribution < -0.4 is 21.9 Å². The first-order chi connectivity index (χ1) is 35.6. The van der Waals surface area contributed by atoms with Crippen LogP contribution in [0.1, 0.15) is 104 Å². The van der Waals surface area contributed by atoms with Crippen molar-refractivity contribution in [1.29, 1.82) is 0 Å². The van der Waals surface area contributed by atoms with Crippen molar-refractivity contribution < 1.29 is 27.6 Å². The van der Waals surface area contributed by atoms with Gasteiger partial charge in [0.15, 0.2) is 5.82 Å². The molecule has 11 rings (SSSR count). The predicted octanol–water partition coefficient (Wildman–Crippen LogP) is 6.52. The molecule has 1 aliphatic carbocycles. The zero-order chi connectivity index (χ0) is 51.7. The van der Waals surface area contributed by atoms with Crippen molar-refractivity contribution in [3.63, 3.8) is 0 Å². The molecule has 6 aromatic rings. The van der Waals surface area contributed by atoms with E-state index >= 15 is 8.78 Å². The van der Waals surface area contributed by atoms with Gasteiger partial charge in [-0.05, 0) is 106 Å². The molecule has 2 aromatic carbocycles. The van der Waals surface area contributed by atoms with Crippen molar-refractivity contribution in [2.75, 3.05) is 64.7 Å². The molecule has 19 heteroatoms. The summed E-state index contributed by atoms with van der Waals surface area (Å²) in [5.74, 6) is -2.80. The van der Waals surface area contributed by atoms with E-state index < -0.39 is 35.0 Å². The minimum absolute atomic E-state index is 0.00666. The van der Waals surface area contributed by atoms with Crippen LogP contribution in [0.2, 0.25) is 0 Å². The number of carbonyl (C=O) groups is 3. The quantitative estimate of drug-likeness (QED) is 0.130. The number of anilines is 1. The van der Waals surface area contributed by atoms with E-state index in [2.05, 4.69) is 43.3 Å². The monoisotopic (exact) mass is 1010 g/mol. The number of pyridine rings is 2. The zero-order valence-corrected chi connectivity index (χ0v) is 42.3. The maximum Gasteiger partial charge on any atom is 0.330 e. The zero-order valence-electron chi connectivity index (χ0n) is 42.3. The molecule has 8 heterocycles. The first kappa shape index (κ1) is 49.4. The molecule has 3 atom stereocenters. The second kappa shape index (κ2) is 19.8. The Labute approximate surface area is 426 Å². The summed E-state index contributed by atoms with van der Waals surface area (Å²) in [4.78, 5) is 78.6. The van der Waals surface area contributed by atoms with Gasteiger partial charge in [0.1, 0.15) is 23.3 Å². The number of aryl methyl sites for hydroxylation is 1. The van der Waals surface area contributed by atoms with Gasteiger partial charge in [0.25, 0.3) is 11.5 Å². The molecule has 74 heavy (non-hydrogen) atoms. The van der Waals surface area contributed by atoms with Gasteiger partial charge >= 0.3 is 5.69 Å². The average molecular weight is 1010 g/mol. The molecule has 3 amide bonds. The Hall–Kier alpha value is -6.83. The number of carbonyl (C=O) groups excluding carboxylic acids is 3. The first-order valence-electron chi connectivity index (χ1n) is 26.0. The lowest BCUT2D eigenvalue weighted by Gasteiger charge is -2.42. The Morgan fingerprint density at radius 3 is 2.32 bits per heavy atom. The second-order valence-electron chi connectivity index (χ2n) is 21.0. The number of piperidine rings is 2. The molecule has 0 radical (unpaired) electrons. The topological polar surface area (TPSA) is 155 Å². The Bertz CT molecular complexity index is 3360. The number of piperazine rings is 1. The van der Waals surface area contributed by atoms with Gasteiger partial charge in [0.05, 0.1) is 28.6 Å². The number of halogens is 3. The van der Waals surface area contributed by atoms with Crippen molar-refractivity contribution in [1.82, 2.24) is 48.2 Å². The third kappa shape index (κ3) is 9.16. The Kier molecular flexibility index (Phi) is 13.2. The summed E-state index contributed by atoms with van der Waals surface area (Å²) < 4.78 is 53.3. The molecule has 16 nitrogen and oxygen atoms in total. The number of hydrogen-bond acceptors (Lipinski definition) is 10. The van der Waals surface area contributed by atoms with Crippen molar-refractivity contribution >= 4 is 51.0 Å². The number of imidazole rings is 1. The molecule has 4 fully saturated rings. The Morgan fingerprint density at radius 1 is 0.865 bits per heavy atom. The molecule has 0 unspecified atom stereocenters. The highest BCUT2D eigenvalue weighted by Gasteiger charge is 2.36. The van der Waals surface area contributed by atoms with Gasteiger partial charge in [0.2, 0.25) is 11.8 Å². The largest absolute Gasteiger partial charge is 0.386 e. The molecule has 388 valence electrons. The van der Waals surface area contributed by atoms with E-state index in [1.165, 1.54) is 29.0 Å². The molecule has 4 aromatic heterocycles. The van der Waals surface area contributed by atoms with E-state index in [1.807, 2.05) is 47.4 Å². The molecule has 4 aliphatic heterocycles. The lowest BCUT2D eigenvalue weighted by atomic mass is 9.93. The number of aromatic nitrogens is 5. The fraction of sp³-hybridized carbons (Fsp3) is 0.455. The lowest BCUT2D eigenvalue weighted by Crippen LogP contribution is -2.53. The number of nitrogens with zero attached hydrogens (tertiary/aromatic N) is 9. The van der Waals surface area contributed by atoms with Gasteiger partial charge in [-0.1, -0.05) is 12.1 Å². The lowest BCUT2D eigenvalue weighted by molar-refractivity contribution is -0.135. The molecule has 5 aliphatic rings. The van der Waals surface area contributed by atoms with Crippen LogP contribution in [0.25, 0.3) is 33.3 Å². The summed E-state index contributed by atoms with van der Waals surface area (Å²) in [6.07, 6.45) is 8.94. The SMILES string of the molecule is CNc1cc(=O)n(-c2ccnc3c2cc([C@H](C)N2CC=C(c4c(F)cc(C(=O)N5CCC(CN6CCN(Cc7ccc8c(c7)n(C7CC7)c(=O)n8[C@H]7CCC(=O)NC7=O)C[C@@H]6C)CC5)cc4F)CC2)n3C)cc1F. The molecular weight excluding hydrogens is 952 g/mol. The smallest absolute Gasteiger partial charge is 0.330 e. The molecule has 0 spiro atoms. The van der Waals surface area contributed by atoms with Gasteiger partial charge in [-0.25, -0.2) is 22.9 Å². The summed E-state index contributed by atoms with van der Waals surface area (Å²) in [6, 6.07) is 12.9. The van der Waals surface area contributed by atoms with E-state index in [9.17, 15) is 28.4 Å². The Morgan fingerprint density at radius 2 is 1.64 bits per heavy atom. The number of benzene rings is 2. The number of likely N-dealkylation sites (tertiary alicyclic amines) is 1. The highest BCUT2D eigenvalue weighted by molar-refractivity contribution is 6.00. The molecular formula is C55H62F3N11O5. The van der Waals surface area contributed by atoms with E-state index in [4.69, 9.17) is 0 Å². The summed E-state index contributed by atoms with van der Waals surface area (Å²) in [7, 11) is 3.44. The molecule has 0 bridgehead atoms. The van der Waals surface area contributed by atoms with Crippen molar-refractivity contribution in [3.05, 3.63) is 128 Å². The minimum Gasteiger partial charge on any atom is -0.386 e. The fourth-order valence-electron chi connectivity index (χ4n) is 12.1. The summed E-state index contributed by atoms with van der Waals surface area (Å²) in [5, 5.41) is 5.78. The fourth-order valence-corrected chi connectivity index (χ4v) is 12.1. The van der Waals surface area contributed by atoms with Crippen LogP contribution in [0.5, 0.6) is 0 Å². The van der Waals surface area contributed by atoms with E-state index in [1.54, 1.807) is 28.8 Å². The van der Waals surface area contributed by atoms with Crippen molar-refractivity contribution in [3.8, 4) is 5.69 Å². The maximum absolute atomic E-state index is 15.9. The molecule has 1 saturated carbocycles. The van der Waals surface area contributed by atoms with E-state index in [-0.39, 0.29) is 52.8 Å². The van der Waals surface area contributed by atoms with Crippen molar-refractivity contribution in [2.45, 2.75) is 89.5 Å². The highest BCUT2D eigenvalue weighted by atomic mass is 19.1. The van der Waals surface area contributed by atoms with Crippen LogP contribution in [0.3, 0.4) is 0 Å². The number of nitrogens with one attached hydrogen (secondary N) is 2. The first-order valence-corrected chi connectivity index (χ1v) is 26.0. The van der Waals surface area contributed by atoms with Crippen LogP contribution in [0, 0.1) is 23.4 Å². The van der Waals surface area contributed by atoms with Crippen LogP contribution in [0.4, 0.5) is 18.9 Å². The maximum atomic E-state index is 15.9. The van der Waals surface area contributed by atoms with Crippen LogP contribution in [-0.4, -0.2) is 126 Å². The minimum atomic E-state index is -0.756. The van der Waals surface area contributed by atoms with Gasteiger partial charge in [0, 0.05) is 132 Å². The van der Waals surface area contributed by atoms with Crippen LogP contribution in [-0.2, 0) is 23.2 Å². The second-order valence-corrected chi connectivity index (χ2v) is 21.0. The van der Waals surface area contributed by atoms with E-state index in [0.717, 1.165) is 80.7 Å². The summed E-state index contributed by atoms with van der Waals surface area (Å²) in [6.45, 7) is 10.5. The third-order valence-corrected chi connectivity index (χ3v) is 16.4. The number of amides is 3. The van der Waals surface area contributed by atoms with Gasteiger partial charge in [-0.2, -0.15) is 0 Å². The predicted molar refractivity (Wildman–Crippen MR) is 276 cm³/mol. The van der Waals surface area contributed by atoms with Gasteiger partial charge in [-0.3, -0.25) is 52.9 Å². The number of fused-ring (bicyclic) bond motifs is 2. The number of hydrogen-bond donors (Lipinski definition) is 2. The average Bonchev–Trinajstić information content (AvgIpc) is 4.11. The molecule has 2 N–H and O–H groups in total. The normalized spacial score (nSPS) is 21.1.